The third-order valence-corrected chi connectivity index (χ3v) is 3.90. The third kappa shape index (κ3) is 2.84. The number of aromatic nitrogens is 4. The molecule has 2 aromatic rings. The van der Waals surface area contributed by atoms with E-state index in [0.717, 1.165) is 23.9 Å². The zero-order valence-corrected chi connectivity index (χ0v) is 11.3. The smallest absolute Gasteiger partial charge is 0.203 e. The molecule has 0 radical (unpaired) electrons. The largest absolute Gasteiger partial charge is 0.367 e. The molecule has 1 fully saturated rings. The van der Waals surface area contributed by atoms with Gasteiger partial charge in [-0.15, -0.1) is 10.2 Å². The zero-order chi connectivity index (χ0) is 13.1. The Labute approximate surface area is 112 Å². The van der Waals surface area contributed by atoms with Crippen LogP contribution in [-0.4, -0.2) is 51.2 Å². The average molecular weight is 260 g/mol. The van der Waals surface area contributed by atoms with E-state index in [2.05, 4.69) is 32.4 Å². The van der Waals surface area contributed by atoms with Crippen LogP contribution in [0.3, 0.4) is 0 Å². The second-order valence-corrected chi connectivity index (χ2v) is 5.30. The van der Waals surface area contributed by atoms with Crippen molar-refractivity contribution in [3.63, 3.8) is 0 Å². The highest BCUT2D eigenvalue weighted by atomic mass is 15.2. The van der Waals surface area contributed by atoms with Crippen LogP contribution in [0.15, 0.2) is 18.7 Å². The lowest BCUT2D eigenvalue weighted by Gasteiger charge is -2.28. The summed E-state index contributed by atoms with van der Waals surface area (Å²) in [6, 6.07) is 0. The Morgan fingerprint density at radius 1 is 1.37 bits per heavy atom. The van der Waals surface area contributed by atoms with Crippen LogP contribution >= 0.6 is 0 Å². The maximum absolute atomic E-state index is 4.33. The van der Waals surface area contributed by atoms with E-state index in [1.54, 1.807) is 12.5 Å². The van der Waals surface area contributed by atoms with E-state index in [1.165, 1.54) is 32.4 Å². The number of piperidine rings is 1. The van der Waals surface area contributed by atoms with E-state index in [4.69, 9.17) is 0 Å². The number of nitrogens with one attached hydrogen (secondary N) is 1. The van der Waals surface area contributed by atoms with Crippen LogP contribution < -0.4 is 5.32 Å². The van der Waals surface area contributed by atoms with E-state index < -0.39 is 0 Å². The Morgan fingerprint density at radius 2 is 2.21 bits per heavy atom. The fourth-order valence-corrected chi connectivity index (χ4v) is 2.63. The Bertz CT molecular complexity index is 529. The topological polar surface area (TPSA) is 58.4 Å². The first-order valence-corrected chi connectivity index (χ1v) is 6.89. The fourth-order valence-electron chi connectivity index (χ4n) is 2.63. The summed E-state index contributed by atoms with van der Waals surface area (Å²) in [5, 5.41) is 11.4. The van der Waals surface area contributed by atoms with Gasteiger partial charge in [0, 0.05) is 18.9 Å². The van der Waals surface area contributed by atoms with Gasteiger partial charge in [-0.1, -0.05) is 0 Å². The summed E-state index contributed by atoms with van der Waals surface area (Å²) in [7, 11) is 2.20. The Balaban J connectivity index is 1.53. The van der Waals surface area contributed by atoms with Crippen molar-refractivity contribution in [3.05, 3.63) is 18.7 Å². The molecule has 2 aromatic heterocycles. The molecule has 0 bridgehead atoms. The Kier molecular flexibility index (Phi) is 3.59. The van der Waals surface area contributed by atoms with Crippen molar-refractivity contribution in [1.29, 1.82) is 0 Å². The summed E-state index contributed by atoms with van der Waals surface area (Å²) >= 11 is 0. The number of anilines is 1. The van der Waals surface area contributed by atoms with Gasteiger partial charge in [-0.05, 0) is 45.3 Å². The average Bonchev–Trinajstić information content (AvgIpc) is 2.90. The van der Waals surface area contributed by atoms with Crippen LogP contribution in [0.25, 0.3) is 5.65 Å². The molecule has 3 rings (SSSR count). The molecule has 0 aromatic carbocycles. The fraction of sp³-hybridized carbons (Fsp3) is 0.615. The van der Waals surface area contributed by atoms with Gasteiger partial charge in [0.2, 0.25) is 5.65 Å². The van der Waals surface area contributed by atoms with Crippen molar-refractivity contribution in [2.45, 2.75) is 19.3 Å². The summed E-state index contributed by atoms with van der Waals surface area (Å²) in [6.07, 6.45) is 9.14. The van der Waals surface area contributed by atoms with E-state index in [1.807, 2.05) is 10.6 Å². The van der Waals surface area contributed by atoms with Crippen molar-refractivity contribution >= 4 is 11.5 Å². The highest BCUT2D eigenvalue weighted by Gasteiger charge is 2.16. The second-order valence-electron chi connectivity index (χ2n) is 5.30. The van der Waals surface area contributed by atoms with Gasteiger partial charge in [-0.3, -0.25) is 4.40 Å². The van der Waals surface area contributed by atoms with Crippen LogP contribution in [-0.2, 0) is 0 Å². The molecule has 102 valence electrons. The molecule has 6 heteroatoms. The predicted molar refractivity (Wildman–Crippen MR) is 74.1 cm³/mol. The molecule has 0 unspecified atom stereocenters. The molecular formula is C13H20N6. The first-order valence-electron chi connectivity index (χ1n) is 6.89. The maximum atomic E-state index is 4.33. The molecule has 1 N–H and O–H groups in total. The molecular weight excluding hydrogens is 240 g/mol. The van der Waals surface area contributed by atoms with Crippen LogP contribution in [0.4, 0.5) is 5.82 Å². The minimum absolute atomic E-state index is 0.797. The molecule has 3 heterocycles. The number of likely N-dealkylation sites (tertiary alicyclic amines) is 1. The van der Waals surface area contributed by atoms with Gasteiger partial charge in [0.05, 0.1) is 0 Å². The second kappa shape index (κ2) is 5.52. The van der Waals surface area contributed by atoms with Crippen molar-refractivity contribution in [3.8, 4) is 0 Å². The molecule has 6 nitrogen and oxygen atoms in total. The molecule has 0 spiro atoms. The molecule has 1 aliphatic heterocycles. The first kappa shape index (κ1) is 12.3. The number of hydrogen-bond donors (Lipinski definition) is 1. The quantitative estimate of drug-likeness (QED) is 0.897. The van der Waals surface area contributed by atoms with E-state index >= 15 is 0 Å². The van der Waals surface area contributed by atoms with Crippen LogP contribution in [0.5, 0.6) is 0 Å². The number of hydrogen-bond acceptors (Lipinski definition) is 5. The molecule has 1 aliphatic rings. The van der Waals surface area contributed by atoms with Crippen molar-refractivity contribution in [2.24, 2.45) is 5.92 Å². The lowest BCUT2D eigenvalue weighted by Crippen LogP contribution is -2.30. The molecule has 0 amide bonds. The van der Waals surface area contributed by atoms with Gasteiger partial charge in [0.1, 0.15) is 6.33 Å². The van der Waals surface area contributed by atoms with Crippen LogP contribution in [0.1, 0.15) is 19.3 Å². The summed E-state index contributed by atoms with van der Waals surface area (Å²) in [5.74, 6) is 1.66. The molecule has 1 saturated heterocycles. The zero-order valence-electron chi connectivity index (χ0n) is 11.3. The molecule has 0 atom stereocenters. The minimum Gasteiger partial charge on any atom is -0.367 e. The Hall–Kier alpha value is -1.69. The summed E-state index contributed by atoms with van der Waals surface area (Å²) in [4.78, 5) is 6.74. The lowest BCUT2D eigenvalue weighted by molar-refractivity contribution is 0.215. The number of fused-ring (bicyclic) bond motifs is 1. The minimum atomic E-state index is 0.797. The summed E-state index contributed by atoms with van der Waals surface area (Å²) < 4.78 is 1.88. The van der Waals surface area contributed by atoms with Crippen LogP contribution in [0, 0.1) is 5.92 Å². The summed E-state index contributed by atoms with van der Waals surface area (Å²) in [6.45, 7) is 3.40. The van der Waals surface area contributed by atoms with Crippen molar-refractivity contribution in [1.82, 2.24) is 24.5 Å². The van der Waals surface area contributed by atoms with Gasteiger partial charge in [-0.2, -0.15) is 0 Å². The standard InChI is InChI=1S/C13H20N6/c1-18-7-3-11(4-8-18)2-5-14-12-13-17-16-10-19(13)9-6-15-12/h6,9-11H,2-5,7-8H2,1H3,(H,14,15). The molecule has 0 saturated carbocycles. The van der Waals surface area contributed by atoms with Crippen molar-refractivity contribution in [2.75, 3.05) is 32.0 Å². The van der Waals surface area contributed by atoms with Crippen LogP contribution in [0.2, 0.25) is 0 Å². The highest BCUT2D eigenvalue weighted by Crippen LogP contribution is 2.19. The normalized spacial score (nSPS) is 17.9. The highest BCUT2D eigenvalue weighted by molar-refractivity contribution is 5.61. The molecule has 19 heavy (non-hydrogen) atoms. The maximum Gasteiger partial charge on any atom is 0.203 e. The van der Waals surface area contributed by atoms with E-state index in [0.29, 0.717) is 0 Å². The van der Waals surface area contributed by atoms with Gasteiger partial charge >= 0.3 is 0 Å². The van der Waals surface area contributed by atoms with Gasteiger partial charge in [0.25, 0.3) is 0 Å². The van der Waals surface area contributed by atoms with Crippen molar-refractivity contribution < 1.29 is 0 Å². The first-order chi connectivity index (χ1) is 9.33. The molecule has 0 aliphatic carbocycles. The lowest BCUT2D eigenvalue weighted by atomic mass is 9.94. The number of nitrogens with zero attached hydrogens (tertiary/aromatic N) is 5. The SMILES string of the molecule is CN1CCC(CCNc2nccn3cnnc23)CC1. The van der Waals surface area contributed by atoms with Gasteiger partial charge < -0.3 is 10.2 Å². The van der Waals surface area contributed by atoms with Gasteiger partial charge in [-0.25, -0.2) is 4.98 Å². The van der Waals surface area contributed by atoms with E-state index in [9.17, 15) is 0 Å². The van der Waals surface area contributed by atoms with Gasteiger partial charge in [0.15, 0.2) is 5.82 Å². The third-order valence-electron chi connectivity index (χ3n) is 3.90. The Morgan fingerprint density at radius 3 is 3.05 bits per heavy atom. The summed E-state index contributed by atoms with van der Waals surface area (Å²) in [5.41, 5.74) is 0.797. The van der Waals surface area contributed by atoms with E-state index in [-0.39, 0.29) is 0 Å². The number of rotatable bonds is 4. The monoisotopic (exact) mass is 260 g/mol. The predicted octanol–water partition coefficient (Wildman–Crippen LogP) is 1.27.